The van der Waals surface area contributed by atoms with Gasteiger partial charge in [0.2, 0.25) is 5.91 Å². The van der Waals surface area contributed by atoms with Crippen LogP contribution in [0, 0.1) is 13.8 Å². The molecule has 3 amide bonds. The summed E-state index contributed by atoms with van der Waals surface area (Å²) in [5, 5.41) is 3.35. The monoisotopic (exact) mass is 530 g/mol. The van der Waals surface area contributed by atoms with Crippen LogP contribution in [0.3, 0.4) is 0 Å². The Morgan fingerprint density at radius 2 is 1.61 bits per heavy atom. The van der Waals surface area contributed by atoms with Crippen LogP contribution in [0.2, 0.25) is 5.02 Å². The summed E-state index contributed by atoms with van der Waals surface area (Å²) in [6, 6.07) is 22.6. The van der Waals surface area contributed by atoms with Gasteiger partial charge in [0.1, 0.15) is 12.1 Å². The zero-order valence-corrected chi connectivity index (χ0v) is 22.4. The third-order valence-electron chi connectivity index (χ3n) is 7.69. The molecule has 38 heavy (non-hydrogen) atoms. The number of hydrogen-bond acceptors (Lipinski definition) is 4. The van der Waals surface area contributed by atoms with Crippen LogP contribution in [0.15, 0.2) is 72.8 Å². The number of nitrogens with one attached hydrogen (secondary N) is 1. The van der Waals surface area contributed by atoms with E-state index >= 15 is 0 Å². The van der Waals surface area contributed by atoms with Crippen molar-refractivity contribution in [1.82, 2.24) is 9.80 Å². The van der Waals surface area contributed by atoms with Gasteiger partial charge in [0.25, 0.3) is 11.8 Å². The number of amides is 3. The number of aryl methyl sites for hydroxylation is 2. The minimum absolute atomic E-state index is 0.0426. The minimum Gasteiger partial charge on any atom is -0.339 e. The molecule has 0 aliphatic carbocycles. The van der Waals surface area contributed by atoms with Crippen molar-refractivity contribution >= 4 is 40.7 Å². The van der Waals surface area contributed by atoms with Crippen LogP contribution < -0.4 is 10.2 Å². The number of halogens is 1. The highest BCUT2D eigenvalue weighted by molar-refractivity contribution is 6.33. The lowest BCUT2D eigenvalue weighted by Gasteiger charge is -2.43. The van der Waals surface area contributed by atoms with Gasteiger partial charge in [0, 0.05) is 24.5 Å². The molecule has 2 fully saturated rings. The molecule has 5 rings (SSSR count). The molecule has 0 saturated carbocycles. The molecule has 2 saturated heterocycles. The molecule has 7 nitrogen and oxygen atoms in total. The van der Waals surface area contributed by atoms with Crippen LogP contribution in [0.1, 0.15) is 34.3 Å². The van der Waals surface area contributed by atoms with Crippen LogP contribution in [-0.4, -0.2) is 59.4 Å². The molecular formula is C30H31ClN4O3. The van der Waals surface area contributed by atoms with Crippen molar-refractivity contribution in [3.05, 3.63) is 94.5 Å². The number of para-hydroxylation sites is 1. The lowest BCUT2D eigenvalue weighted by molar-refractivity contribution is -0.136. The van der Waals surface area contributed by atoms with Crippen molar-refractivity contribution in [1.29, 1.82) is 0 Å². The highest BCUT2D eigenvalue weighted by Crippen LogP contribution is 2.40. The van der Waals surface area contributed by atoms with Gasteiger partial charge in [-0.3, -0.25) is 14.4 Å². The van der Waals surface area contributed by atoms with Crippen LogP contribution in [0.5, 0.6) is 0 Å². The van der Waals surface area contributed by atoms with E-state index < -0.39 is 5.54 Å². The second kappa shape index (κ2) is 10.5. The van der Waals surface area contributed by atoms with E-state index in [9.17, 15) is 14.4 Å². The quantitative estimate of drug-likeness (QED) is 0.510. The lowest BCUT2D eigenvalue weighted by atomic mass is 9.85. The van der Waals surface area contributed by atoms with E-state index in [0.29, 0.717) is 48.9 Å². The van der Waals surface area contributed by atoms with Crippen molar-refractivity contribution < 1.29 is 14.4 Å². The molecule has 1 N–H and O–H groups in total. The summed E-state index contributed by atoms with van der Waals surface area (Å²) >= 11 is 6.27. The van der Waals surface area contributed by atoms with Crippen LogP contribution in [0.25, 0.3) is 0 Å². The van der Waals surface area contributed by atoms with Gasteiger partial charge >= 0.3 is 0 Å². The SMILES string of the molecule is Cc1ccc(NC(=O)CN2CN(c3ccccc3)C3(CCN(C(=O)c4ccccc4Cl)CC3)C2=O)cc1C. The molecule has 196 valence electrons. The first-order chi connectivity index (χ1) is 18.3. The number of likely N-dealkylation sites (tertiary alicyclic amines) is 1. The molecule has 0 atom stereocenters. The van der Waals surface area contributed by atoms with Crippen molar-refractivity contribution in [2.45, 2.75) is 32.2 Å². The number of carbonyl (C=O) groups is 3. The second-order valence-corrected chi connectivity index (χ2v) is 10.5. The van der Waals surface area contributed by atoms with Crippen molar-refractivity contribution in [2.75, 3.05) is 36.5 Å². The lowest BCUT2D eigenvalue weighted by Crippen LogP contribution is -2.57. The first kappa shape index (κ1) is 25.8. The largest absolute Gasteiger partial charge is 0.339 e. The van der Waals surface area contributed by atoms with E-state index in [1.54, 1.807) is 34.1 Å². The van der Waals surface area contributed by atoms with E-state index in [1.165, 1.54) is 0 Å². The Bertz CT molecular complexity index is 1370. The molecule has 0 radical (unpaired) electrons. The van der Waals surface area contributed by atoms with Gasteiger partial charge in [-0.25, -0.2) is 0 Å². The Kier molecular flexibility index (Phi) is 7.13. The maximum atomic E-state index is 13.9. The normalized spacial score (nSPS) is 16.7. The molecule has 8 heteroatoms. The summed E-state index contributed by atoms with van der Waals surface area (Å²) in [4.78, 5) is 45.5. The number of rotatable bonds is 5. The maximum Gasteiger partial charge on any atom is 0.255 e. The van der Waals surface area contributed by atoms with Crippen molar-refractivity contribution in [2.24, 2.45) is 0 Å². The smallest absolute Gasteiger partial charge is 0.255 e. The van der Waals surface area contributed by atoms with Crippen LogP contribution >= 0.6 is 11.6 Å². The predicted octanol–water partition coefficient (Wildman–Crippen LogP) is 4.88. The van der Waals surface area contributed by atoms with E-state index in [4.69, 9.17) is 11.6 Å². The summed E-state index contributed by atoms with van der Waals surface area (Å²) in [5.74, 6) is -0.453. The number of benzene rings is 3. The molecule has 2 aliphatic rings. The third kappa shape index (κ3) is 4.86. The van der Waals surface area contributed by atoms with Gasteiger partial charge in [-0.15, -0.1) is 0 Å². The topological polar surface area (TPSA) is 73.0 Å². The first-order valence-electron chi connectivity index (χ1n) is 12.8. The highest BCUT2D eigenvalue weighted by atomic mass is 35.5. The first-order valence-corrected chi connectivity index (χ1v) is 13.2. The van der Waals surface area contributed by atoms with Crippen LogP contribution in [-0.2, 0) is 9.59 Å². The van der Waals surface area contributed by atoms with E-state index in [0.717, 1.165) is 16.8 Å². The Morgan fingerprint density at radius 3 is 2.29 bits per heavy atom. The highest BCUT2D eigenvalue weighted by Gasteiger charge is 2.54. The van der Waals surface area contributed by atoms with E-state index in [-0.39, 0.29) is 24.3 Å². The summed E-state index contributed by atoms with van der Waals surface area (Å²) in [6.45, 7) is 5.12. The summed E-state index contributed by atoms with van der Waals surface area (Å²) in [6.07, 6.45) is 0.929. The molecule has 2 heterocycles. The number of nitrogens with zero attached hydrogens (tertiary/aromatic N) is 3. The van der Waals surface area contributed by atoms with Gasteiger partial charge in [-0.1, -0.05) is 48.0 Å². The Morgan fingerprint density at radius 1 is 0.921 bits per heavy atom. The maximum absolute atomic E-state index is 13.9. The van der Waals surface area contributed by atoms with Gasteiger partial charge in [0.05, 0.1) is 17.3 Å². The number of hydrogen-bond donors (Lipinski definition) is 1. The van der Waals surface area contributed by atoms with E-state index in [1.807, 2.05) is 62.4 Å². The van der Waals surface area contributed by atoms with Gasteiger partial charge in [-0.2, -0.15) is 0 Å². The number of piperidine rings is 1. The molecular weight excluding hydrogens is 500 g/mol. The van der Waals surface area contributed by atoms with Crippen molar-refractivity contribution in [3.63, 3.8) is 0 Å². The Hall–Kier alpha value is -3.84. The predicted molar refractivity (Wildman–Crippen MR) is 149 cm³/mol. The second-order valence-electron chi connectivity index (χ2n) is 10.1. The molecule has 2 aliphatic heterocycles. The minimum atomic E-state index is -0.820. The average molecular weight is 531 g/mol. The Balaban J connectivity index is 1.34. The van der Waals surface area contributed by atoms with Crippen LogP contribution in [0.4, 0.5) is 11.4 Å². The zero-order chi connectivity index (χ0) is 26.9. The van der Waals surface area contributed by atoms with Gasteiger partial charge in [-0.05, 0) is 74.2 Å². The molecule has 0 unspecified atom stereocenters. The van der Waals surface area contributed by atoms with Gasteiger partial charge < -0.3 is 20.0 Å². The Labute approximate surface area is 228 Å². The number of anilines is 2. The van der Waals surface area contributed by atoms with Crippen molar-refractivity contribution in [3.8, 4) is 0 Å². The molecule has 1 spiro atoms. The summed E-state index contributed by atoms with van der Waals surface area (Å²) in [5.41, 5.74) is 3.52. The summed E-state index contributed by atoms with van der Waals surface area (Å²) < 4.78 is 0. The van der Waals surface area contributed by atoms with E-state index in [2.05, 4.69) is 10.2 Å². The fourth-order valence-corrected chi connectivity index (χ4v) is 5.62. The average Bonchev–Trinajstić information content (AvgIpc) is 3.17. The van der Waals surface area contributed by atoms with Gasteiger partial charge in [0.15, 0.2) is 0 Å². The summed E-state index contributed by atoms with van der Waals surface area (Å²) in [7, 11) is 0. The molecule has 3 aromatic rings. The zero-order valence-electron chi connectivity index (χ0n) is 21.6. The fourth-order valence-electron chi connectivity index (χ4n) is 5.40. The number of carbonyl (C=O) groups excluding carboxylic acids is 3. The molecule has 3 aromatic carbocycles. The molecule has 0 bridgehead atoms. The standard InChI is InChI=1S/C30H31ClN4O3/c1-21-12-13-23(18-22(21)2)32-27(36)19-34-20-35(24-8-4-3-5-9-24)30(29(34)38)14-16-33(17-15-30)28(37)25-10-6-7-11-26(25)31/h3-13,18H,14-17,19-20H2,1-2H3,(H,32,36). The molecule has 0 aromatic heterocycles. The fraction of sp³-hybridized carbons (Fsp3) is 0.300. The third-order valence-corrected chi connectivity index (χ3v) is 8.02.